The van der Waals surface area contributed by atoms with E-state index >= 15 is 0 Å². The predicted octanol–water partition coefficient (Wildman–Crippen LogP) is 4.13. The van der Waals surface area contributed by atoms with Gasteiger partial charge < -0.3 is 14.8 Å². The Kier molecular flexibility index (Phi) is 4.72. The number of methoxy groups -OCH3 is 1. The molecule has 0 unspecified atom stereocenters. The van der Waals surface area contributed by atoms with Gasteiger partial charge in [-0.05, 0) is 60.7 Å². The Hall–Kier alpha value is -3.34. The third-order valence-corrected chi connectivity index (χ3v) is 3.33. The van der Waals surface area contributed by atoms with Crippen LogP contribution in [0.4, 0.5) is 5.69 Å². The maximum Gasteiger partial charge on any atom is 0.255 e. The van der Waals surface area contributed by atoms with E-state index in [0.717, 1.165) is 0 Å². The number of nitrogens with one attached hydrogen (secondary N) is 1. The molecule has 0 saturated carbocycles. The van der Waals surface area contributed by atoms with Crippen molar-refractivity contribution < 1.29 is 14.3 Å². The van der Waals surface area contributed by atoms with Gasteiger partial charge >= 0.3 is 0 Å². The number of hydrogen-bond acceptors (Lipinski definition) is 4. The lowest BCUT2D eigenvalue weighted by Crippen LogP contribution is -2.11. The van der Waals surface area contributed by atoms with Gasteiger partial charge in [-0.25, -0.2) is 0 Å². The molecule has 24 heavy (non-hydrogen) atoms. The summed E-state index contributed by atoms with van der Waals surface area (Å²) in [4.78, 5) is 16.2. The van der Waals surface area contributed by atoms with Crippen molar-refractivity contribution in [2.75, 3.05) is 12.4 Å². The Morgan fingerprint density at radius 2 is 1.62 bits per heavy atom. The fraction of sp³-hybridized carbons (Fsp3) is 0.0526. The van der Waals surface area contributed by atoms with Crippen LogP contribution in [0, 0.1) is 0 Å². The van der Waals surface area contributed by atoms with E-state index < -0.39 is 0 Å². The normalized spacial score (nSPS) is 10.0. The minimum Gasteiger partial charge on any atom is -0.497 e. The van der Waals surface area contributed by atoms with Crippen LogP contribution in [0.15, 0.2) is 73.1 Å². The summed E-state index contributed by atoms with van der Waals surface area (Å²) in [5.41, 5.74) is 1.25. The molecular weight excluding hydrogens is 304 g/mol. The van der Waals surface area contributed by atoms with E-state index in [0.29, 0.717) is 28.5 Å². The van der Waals surface area contributed by atoms with E-state index in [-0.39, 0.29) is 5.91 Å². The highest BCUT2D eigenvalue weighted by molar-refractivity contribution is 6.04. The van der Waals surface area contributed by atoms with Gasteiger partial charge in [0.1, 0.15) is 17.2 Å². The van der Waals surface area contributed by atoms with E-state index in [4.69, 9.17) is 9.47 Å². The molecule has 0 saturated heterocycles. The summed E-state index contributed by atoms with van der Waals surface area (Å²) >= 11 is 0. The first kappa shape index (κ1) is 15.6. The topological polar surface area (TPSA) is 60.5 Å². The third kappa shape index (κ3) is 3.89. The third-order valence-electron chi connectivity index (χ3n) is 3.33. The minimum absolute atomic E-state index is 0.182. The summed E-state index contributed by atoms with van der Waals surface area (Å²) in [6, 6.07) is 17.7. The molecule has 1 amide bonds. The molecule has 0 atom stereocenters. The van der Waals surface area contributed by atoms with Gasteiger partial charge in [0, 0.05) is 17.4 Å². The number of amides is 1. The first-order chi connectivity index (χ1) is 11.7. The maximum absolute atomic E-state index is 12.2. The van der Waals surface area contributed by atoms with Crippen molar-refractivity contribution in [3.63, 3.8) is 0 Å². The van der Waals surface area contributed by atoms with Gasteiger partial charge in [-0.1, -0.05) is 0 Å². The second kappa shape index (κ2) is 7.28. The lowest BCUT2D eigenvalue weighted by atomic mass is 10.2. The molecule has 1 aromatic heterocycles. The second-order valence-electron chi connectivity index (χ2n) is 5.00. The highest BCUT2D eigenvalue weighted by Gasteiger charge is 2.06. The van der Waals surface area contributed by atoms with Crippen molar-refractivity contribution in [3.05, 3.63) is 78.6 Å². The molecule has 0 aliphatic carbocycles. The zero-order chi connectivity index (χ0) is 16.8. The number of hydrogen-bond donors (Lipinski definition) is 1. The lowest BCUT2D eigenvalue weighted by molar-refractivity contribution is 0.102. The fourth-order valence-corrected chi connectivity index (χ4v) is 2.10. The number of rotatable bonds is 5. The molecule has 120 valence electrons. The van der Waals surface area contributed by atoms with Crippen LogP contribution in [-0.4, -0.2) is 18.0 Å². The predicted molar refractivity (Wildman–Crippen MR) is 91.7 cm³/mol. The Labute approximate surface area is 139 Å². The monoisotopic (exact) mass is 320 g/mol. The van der Waals surface area contributed by atoms with Crippen LogP contribution in [0.2, 0.25) is 0 Å². The van der Waals surface area contributed by atoms with Gasteiger partial charge in [0.15, 0.2) is 0 Å². The number of pyridine rings is 1. The largest absolute Gasteiger partial charge is 0.497 e. The van der Waals surface area contributed by atoms with Crippen molar-refractivity contribution in [1.29, 1.82) is 0 Å². The molecule has 3 rings (SSSR count). The number of carbonyl (C=O) groups is 1. The fourth-order valence-electron chi connectivity index (χ4n) is 2.10. The molecule has 0 aliphatic heterocycles. The Balaban J connectivity index is 1.64. The number of carbonyl (C=O) groups excluding carboxylic acids is 1. The Morgan fingerprint density at radius 3 is 2.25 bits per heavy atom. The molecule has 0 bridgehead atoms. The van der Waals surface area contributed by atoms with Crippen LogP contribution < -0.4 is 14.8 Å². The summed E-state index contributed by atoms with van der Waals surface area (Å²) in [5, 5.41) is 2.84. The number of nitrogens with zero attached hydrogens (tertiary/aromatic N) is 1. The Bertz CT molecular complexity index is 800. The lowest BCUT2D eigenvalue weighted by Gasteiger charge is -2.08. The SMILES string of the molecule is COc1ccc(C(=O)Nc2ccc(Oc3cccnc3)cc2)cc1. The average molecular weight is 320 g/mol. The average Bonchev–Trinajstić information content (AvgIpc) is 2.64. The van der Waals surface area contributed by atoms with Crippen LogP contribution in [0.5, 0.6) is 17.2 Å². The molecule has 0 fully saturated rings. The Morgan fingerprint density at radius 1 is 0.917 bits per heavy atom. The molecule has 5 heteroatoms. The van der Waals surface area contributed by atoms with Gasteiger partial charge in [0.25, 0.3) is 5.91 Å². The van der Waals surface area contributed by atoms with Gasteiger partial charge in [-0.15, -0.1) is 0 Å². The van der Waals surface area contributed by atoms with Gasteiger partial charge in [0.2, 0.25) is 0 Å². The zero-order valence-electron chi connectivity index (χ0n) is 13.1. The summed E-state index contributed by atoms with van der Waals surface area (Å²) < 4.78 is 10.7. The van der Waals surface area contributed by atoms with Crippen molar-refractivity contribution >= 4 is 11.6 Å². The van der Waals surface area contributed by atoms with Crippen molar-refractivity contribution in [3.8, 4) is 17.2 Å². The van der Waals surface area contributed by atoms with E-state index in [1.54, 1.807) is 74.1 Å². The molecule has 3 aromatic rings. The van der Waals surface area contributed by atoms with Crippen LogP contribution >= 0.6 is 0 Å². The van der Waals surface area contributed by atoms with Gasteiger partial charge in [0.05, 0.1) is 13.3 Å². The first-order valence-electron chi connectivity index (χ1n) is 7.38. The molecule has 0 aliphatic rings. The standard InChI is InChI=1S/C19H16N2O3/c1-23-16-8-4-14(5-9-16)19(22)21-15-6-10-17(11-7-15)24-18-3-2-12-20-13-18/h2-13H,1H3,(H,21,22). The van der Waals surface area contributed by atoms with Crippen LogP contribution in [0.3, 0.4) is 0 Å². The van der Waals surface area contributed by atoms with Gasteiger partial charge in [-0.2, -0.15) is 0 Å². The number of aromatic nitrogens is 1. The highest BCUT2D eigenvalue weighted by Crippen LogP contribution is 2.22. The number of ether oxygens (including phenoxy) is 2. The van der Waals surface area contributed by atoms with Gasteiger partial charge in [-0.3, -0.25) is 9.78 Å². The van der Waals surface area contributed by atoms with E-state index in [1.807, 2.05) is 6.07 Å². The second-order valence-corrected chi connectivity index (χ2v) is 5.00. The van der Waals surface area contributed by atoms with Crippen molar-refractivity contribution in [1.82, 2.24) is 4.98 Å². The molecule has 0 spiro atoms. The summed E-state index contributed by atoms with van der Waals surface area (Å²) in [6.45, 7) is 0. The minimum atomic E-state index is -0.182. The molecular formula is C19H16N2O3. The van der Waals surface area contributed by atoms with Crippen molar-refractivity contribution in [2.45, 2.75) is 0 Å². The zero-order valence-corrected chi connectivity index (χ0v) is 13.1. The molecule has 1 N–H and O–H groups in total. The smallest absolute Gasteiger partial charge is 0.255 e. The van der Waals surface area contributed by atoms with Crippen LogP contribution in [-0.2, 0) is 0 Å². The summed E-state index contributed by atoms with van der Waals surface area (Å²) in [7, 11) is 1.59. The number of benzene rings is 2. The van der Waals surface area contributed by atoms with Crippen molar-refractivity contribution in [2.24, 2.45) is 0 Å². The molecule has 5 nitrogen and oxygen atoms in total. The van der Waals surface area contributed by atoms with Crippen LogP contribution in [0.1, 0.15) is 10.4 Å². The highest BCUT2D eigenvalue weighted by atomic mass is 16.5. The number of anilines is 1. The summed E-state index contributed by atoms with van der Waals surface area (Å²) in [5.74, 6) is 1.86. The van der Waals surface area contributed by atoms with Crippen LogP contribution in [0.25, 0.3) is 0 Å². The van der Waals surface area contributed by atoms with E-state index in [9.17, 15) is 4.79 Å². The summed E-state index contributed by atoms with van der Waals surface area (Å²) in [6.07, 6.45) is 3.32. The maximum atomic E-state index is 12.2. The van der Waals surface area contributed by atoms with E-state index in [2.05, 4.69) is 10.3 Å². The molecule has 1 heterocycles. The first-order valence-corrected chi connectivity index (χ1v) is 7.38. The molecule has 2 aromatic carbocycles. The molecule has 0 radical (unpaired) electrons. The quantitative estimate of drug-likeness (QED) is 0.767. The van der Waals surface area contributed by atoms with E-state index in [1.165, 1.54) is 0 Å².